The van der Waals surface area contributed by atoms with Gasteiger partial charge in [-0.05, 0) is 71.1 Å². The minimum absolute atomic E-state index is 0.0477. The lowest BCUT2D eigenvalue weighted by molar-refractivity contribution is -0.119. The van der Waals surface area contributed by atoms with Crippen LogP contribution in [0.1, 0.15) is 55.4 Å². The van der Waals surface area contributed by atoms with Gasteiger partial charge in [-0.3, -0.25) is 14.2 Å². The average Bonchev–Trinajstić information content (AvgIpc) is 3.35. The van der Waals surface area contributed by atoms with Gasteiger partial charge in [-0.15, -0.1) is 11.3 Å². The number of hydrogen-bond donors (Lipinski definition) is 1. The van der Waals surface area contributed by atoms with Crippen LogP contribution in [0.25, 0.3) is 10.2 Å². The minimum Gasteiger partial charge on any atom is -0.353 e. The molecule has 2 heterocycles. The van der Waals surface area contributed by atoms with Gasteiger partial charge in [0.1, 0.15) is 4.83 Å². The molecule has 2 aromatic rings. The second kappa shape index (κ2) is 9.83. The quantitative estimate of drug-likeness (QED) is 0.495. The summed E-state index contributed by atoms with van der Waals surface area (Å²) in [6.45, 7) is 1.55. The number of carbonyl (C=O) groups excluding carboxylic acids is 1. The number of fused-ring (bicyclic) bond motifs is 3. The molecule has 0 spiro atoms. The van der Waals surface area contributed by atoms with E-state index >= 15 is 0 Å². The highest BCUT2D eigenvalue weighted by atomic mass is 32.2. The maximum absolute atomic E-state index is 13.5. The van der Waals surface area contributed by atoms with E-state index in [9.17, 15) is 9.59 Å². The third-order valence-electron chi connectivity index (χ3n) is 6.08. The summed E-state index contributed by atoms with van der Waals surface area (Å²) in [5.41, 5.74) is 1.31. The molecule has 30 heavy (non-hydrogen) atoms. The van der Waals surface area contributed by atoms with Gasteiger partial charge >= 0.3 is 0 Å². The van der Waals surface area contributed by atoms with Gasteiger partial charge in [0, 0.05) is 17.5 Å². The highest BCUT2D eigenvalue weighted by Crippen LogP contribution is 2.34. The second-order valence-corrected chi connectivity index (χ2v) is 10.8. The van der Waals surface area contributed by atoms with Crippen LogP contribution in [0.5, 0.6) is 0 Å². The van der Waals surface area contributed by atoms with Crippen LogP contribution in [-0.4, -0.2) is 52.8 Å². The molecule has 8 heteroatoms. The lowest BCUT2D eigenvalue weighted by Gasteiger charge is -2.15. The Bertz CT molecular complexity index is 960. The van der Waals surface area contributed by atoms with E-state index in [1.807, 2.05) is 18.7 Å². The zero-order valence-electron chi connectivity index (χ0n) is 18.0. The van der Waals surface area contributed by atoms with Crippen molar-refractivity contribution in [1.29, 1.82) is 0 Å². The summed E-state index contributed by atoms with van der Waals surface area (Å²) in [6.07, 6.45) is 9.83. The van der Waals surface area contributed by atoms with Crippen LogP contribution in [0, 0.1) is 0 Å². The number of aromatic nitrogens is 2. The molecule has 164 valence electrons. The van der Waals surface area contributed by atoms with E-state index in [0.29, 0.717) is 23.5 Å². The summed E-state index contributed by atoms with van der Waals surface area (Å²) in [7, 11) is 4.09. The number of rotatable bonds is 8. The van der Waals surface area contributed by atoms with Crippen LogP contribution >= 0.6 is 23.1 Å². The number of aryl methyl sites for hydroxylation is 2. The van der Waals surface area contributed by atoms with E-state index in [-0.39, 0.29) is 11.5 Å². The smallest absolute Gasteiger partial charge is 0.263 e. The zero-order chi connectivity index (χ0) is 21.1. The molecule has 1 amide bonds. The summed E-state index contributed by atoms with van der Waals surface area (Å²) in [5, 5.41) is 4.66. The Kier molecular flexibility index (Phi) is 7.16. The Hall–Kier alpha value is -1.38. The molecule has 0 aliphatic heterocycles. The average molecular weight is 449 g/mol. The number of nitrogens with one attached hydrogen (secondary N) is 1. The highest BCUT2D eigenvalue weighted by Gasteiger charge is 2.23. The molecule has 0 bridgehead atoms. The molecule has 0 radical (unpaired) electrons. The van der Waals surface area contributed by atoms with Crippen molar-refractivity contribution in [2.45, 2.75) is 75.5 Å². The minimum atomic E-state index is 0.0477. The lowest BCUT2D eigenvalue weighted by atomic mass is 9.97. The van der Waals surface area contributed by atoms with Gasteiger partial charge in [-0.2, -0.15) is 0 Å². The highest BCUT2D eigenvalue weighted by molar-refractivity contribution is 7.99. The molecular formula is C22H32N4O2S2. The Morgan fingerprint density at radius 1 is 1.23 bits per heavy atom. The molecule has 4 rings (SSSR count). The number of carbonyl (C=O) groups is 1. The summed E-state index contributed by atoms with van der Waals surface area (Å²) < 4.78 is 1.82. The van der Waals surface area contributed by atoms with Crippen molar-refractivity contribution in [3.05, 3.63) is 20.8 Å². The molecule has 0 saturated heterocycles. The maximum atomic E-state index is 13.5. The normalized spacial score (nSPS) is 17.0. The first-order valence-electron chi connectivity index (χ1n) is 11.1. The number of thiophene rings is 1. The third-order valence-corrected chi connectivity index (χ3v) is 8.24. The van der Waals surface area contributed by atoms with Crippen molar-refractivity contribution < 1.29 is 4.79 Å². The Morgan fingerprint density at radius 3 is 2.77 bits per heavy atom. The number of thioether (sulfide) groups is 1. The monoisotopic (exact) mass is 448 g/mol. The van der Waals surface area contributed by atoms with Crippen molar-refractivity contribution >= 4 is 39.2 Å². The van der Waals surface area contributed by atoms with Crippen molar-refractivity contribution in [2.75, 3.05) is 26.4 Å². The fourth-order valence-corrected chi connectivity index (χ4v) is 6.68. The number of hydrogen-bond acceptors (Lipinski definition) is 6. The van der Waals surface area contributed by atoms with Crippen LogP contribution in [0.3, 0.4) is 0 Å². The molecule has 1 saturated carbocycles. The largest absolute Gasteiger partial charge is 0.353 e. The van der Waals surface area contributed by atoms with Gasteiger partial charge in [0.2, 0.25) is 5.91 Å². The van der Waals surface area contributed by atoms with Gasteiger partial charge in [-0.1, -0.05) is 24.6 Å². The van der Waals surface area contributed by atoms with Crippen LogP contribution in [0.2, 0.25) is 0 Å². The molecular weight excluding hydrogens is 416 g/mol. The molecule has 2 aliphatic carbocycles. The molecule has 2 aromatic heterocycles. The van der Waals surface area contributed by atoms with Gasteiger partial charge in [-0.25, -0.2) is 4.98 Å². The van der Waals surface area contributed by atoms with E-state index in [1.54, 1.807) is 11.3 Å². The first-order valence-corrected chi connectivity index (χ1v) is 12.9. The molecule has 0 unspecified atom stereocenters. The molecule has 0 aromatic carbocycles. The molecule has 1 N–H and O–H groups in total. The molecule has 1 fully saturated rings. The van der Waals surface area contributed by atoms with Crippen molar-refractivity contribution in [2.24, 2.45) is 0 Å². The van der Waals surface area contributed by atoms with E-state index in [1.165, 1.54) is 41.5 Å². The summed E-state index contributed by atoms with van der Waals surface area (Å²) in [4.78, 5) is 35.1. The van der Waals surface area contributed by atoms with E-state index < -0.39 is 0 Å². The third kappa shape index (κ3) is 4.92. The number of amides is 1. The van der Waals surface area contributed by atoms with Gasteiger partial charge in [0.15, 0.2) is 5.16 Å². The summed E-state index contributed by atoms with van der Waals surface area (Å²) in [6, 6.07) is 0.319. The van der Waals surface area contributed by atoms with Gasteiger partial charge < -0.3 is 10.2 Å². The van der Waals surface area contributed by atoms with Crippen molar-refractivity contribution in [3.63, 3.8) is 0 Å². The van der Waals surface area contributed by atoms with E-state index in [0.717, 1.165) is 55.3 Å². The first kappa shape index (κ1) is 21.8. The van der Waals surface area contributed by atoms with E-state index in [2.05, 4.69) is 10.2 Å². The standard InChI is InChI=1S/C22H32N4O2S2/c1-25(2)12-7-13-26-21(28)19-16-10-5-6-11-17(16)30-20(19)24-22(26)29-14-18(27)23-15-8-3-4-9-15/h15H,3-14H2,1-2H3,(H,23,27). The van der Waals surface area contributed by atoms with Crippen LogP contribution < -0.4 is 10.9 Å². The number of nitrogens with zero attached hydrogens (tertiary/aromatic N) is 3. The maximum Gasteiger partial charge on any atom is 0.263 e. The SMILES string of the molecule is CN(C)CCCn1c(SCC(=O)NC2CCCC2)nc2sc3c(c2c1=O)CCCC3. The Balaban J connectivity index is 1.58. The van der Waals surface area contributed by atoms with Crippen LogP contribution in [-0.2, 0) is 24.2 Å². The van der Waals surface area contributed by atoms with E-state index in [4.69, 9.17) is 4.98 Å². The topological polar surface area (TPSA) is 67.2 Å². The van der Waals surface area contributed by atoms with Gasteiger partial charge in [0.25, 0.3) is 5.56 Å². The molecule has 2 aliphatic rings. The fraction of sp³-hybridized carbons (Fsp3) is 0.682. The lowest BCUT2D eigenvalue weighted by Crippen LogP contribution is -2.34. The Labute approximate surface area is 186 Å². The second-order valence-electron chi connectivity index (χ2n) is 8.74. The molecule has 0 atom stereocenters. The summed E-state index contributed by atoms with van der Waals surface area (Å²) in [5.74, 6) is 0.360. The zero-order valence-corrected chi connectivity index (χ0v) is 19.7. The molecule has 6 nitrogen and oxygen atoms in total. The predicted molar refractivity (Wildman–Crippen MR) is 125 cm³/mol. The van der Waals surface area contributed by atoms with Crippen LogP contribution in [0.15, 0.2) is 9.95 Å². The van der Waals surface area contributed by atoms with Crippen LogP contribution in [0.4, 0.5) is 0 Å². The first-order chi connectivity index (χ1) is 14.5. The van der Waals surface area contributed by atoms with Crippen molar-refractivity contribution in [1.82, 2.24) is 19.8 Å². The Morgan fingerprint density at radius 2 is 2.00 bits per heavy atom. The summed E-state index contributed by atoms with van der Waals surface area (Å²) >= 11 is 3.08. The fourth-order valence-electron chi connectivity index (χ4n) is 4.54. The van der Waals surface area contributed by atoms with Gasteiger partial charge in [0.05, 0.1) is 11.1 Å². The predicted octanol–water partition coefficient (Wildman–Crippen LogP) is 3.44. The van der Waals surface area contributed by atoms with Crippen molar-refractivity contribution in [3.8, 4) is 0 Å².